The van der Waals surface area contributed by atoms with E-state index in [1.807, 2.05) is 0 Å². The standard InChI is InChI=1S/C2H4O2.2Na.H2O.2H/c3-1-2-4;;;;;/h1,4H,2H2;;;1H2;;/q;2*+1;;2*-1. The molecule has 3 N–H and O–H groups in total. The molecule has 0 heterocycles. The molecule has 0 bridgehead atoms. The van der Waals surface area contributed by atoms with Crippen molar-refractivity contribution >= 4 is 6.29 Å². The van der Waals surface area contributed by atoms with Gasteiger partial charge in [0.15, 0.2) is 0 Å². The Bertz CT molecular complexity index is 31.8. The molecule has 0 aromatic carbocycles. The number of rotatable bonds is 1. The summed E-state index contributed by atoms with van der Waals surface area (Å²) in [4.78, 5) is 8.92. The quantitative estimate of drug-likeness (QED) is 0.280. The van der Waals surface area contributed by atoms with Crippen LogP contribution in [0.4, 0.5) is 0 Å². The molecule has 36 valence electrons. The van der Waals surface area contributed by atoms with E-state index in [1.165, 1.54) is 0 Å². The molecule has 0 aliphatic rings. The molecule has 0 aromatic heterocycles. The summed E-state index contributed by atoms with van der Waals surface area (Å²) in [5.41, 5.74) is 0. The fourth-order valence-electron chi connectivity index (χ4n) is 0. The summed E-state index contributed by atoms with van der Waals surface area (Å²) in [6.45, 7) is -0.361. The Morgan fingerprint density at radius 3 is 1.71 bits per heavy atom. The Hall–Kier alpha value is 1.59. The molecular formula is C2H8Na2O3. The maximum Gasteiger partial charge on any atom is 1.00 e. The number of hydrogen-bond donors (Lipinski definition) is 1. The maximum absolute atomic E-state index is 8.92. The van der Waals surface area contributed by atoms with Gasteiger partial charge in [0.1, 0.15) is 6.29 Å². The summed E-state index contributed by atoms with van der Waals surface area (Å²) >= 11 is 0. The SMILES string of the molecule is O.O=CCO.[H-].[H-].[Na+].[Na+]. The molecular weight excluding hydrogens is 118 g/mol. The monoisotopic (exact) mass is 126 g/mol. The molecule has 0 aliphatic heterocycles. The van der Waals surface area contributed by atoms with E-state index < -0.39 is 0 Å². The second-order valence-corrected chi connectivity index (χ2v) is 0.349. The van der Waals surface area contributed by atoms with E-state index in [4.69, 9.17) is 9.90 Å². The molecule has 0 saturated heterocycles. The molecule has 0 aromatic rings. The number of aldehydes is 1. The fourth-order valence-corrected chi connectivity index (χ4v) is 0. The van der Waals surface area contributed by atoms with Gasteiger partial charge in [-0.15, -0.1) is 0 Å². The first-order valence-corrected chi connectivity index (χ1v) is 0.960. The second-order valence-electron chi connectivity index (χ2n) is 0.349. The number of aliphatic hydroxyl groups excluding tert-OH is 1. The number of carbonyl (C=O) groups is 1. The molecule has 7 heavy (non-hydrogen) atoms. The zero-order chi connectivity index (χ0) is 3.41. The van der Waals surface area contributed by atoms with Crippen LogP contribution in [0.2, 0.25) is 0 Å². The van der Waals surface area contributed by atoms with Gasteiger partial charge >= 0.3 is 59.1 Å². The first-order valence-electron chi connectivity index (χ1n) is 0.960. The summed E-state index contributed by atoms with van der Waals surface area (Å²) in [6.07, 6.45) is 0.431. The van der Waals surface area contributed by atoms with Crippen LogP contribution in [0.25, 0.3) is 0 Å². The van der Waals surface area contributed by atoms with E-state index in [0.717, 1.165) is 0 Å². The smallest absolute Gasteiger partial charge is 1.00 e. The van der Waals surface area contributed by atoms with Crippen LogP contribution in [0.3, 0.4) is 0 Å². The van der Waals surface area contributed by atoms with Crippen molar-refractivity contribution in [2.45, 2.75) is 0 Å². The minimum atomic E-state index is -0.361. The molecule has 0 aliphatic carbocycles. The maximum atomic E-state index is 8.92. The normalized spacial score (nSPS) is 3.57. The topological polar surface area (TPSA) is 68.8 Å². The van der Waals surface area contributed by atoms with Crippen LogP contribution in [-0.2, 0) is 4.79 Å². The Morgan fingerprint density at radius 1 is 1.57 bits per heavy atom. The summed E-state index contributed by atoms with van der Waals surface area (Å²) in [5, 5.41) is 7.51. The number of carbonyl (C=O) groups excluding carboxylic acids is 1. The van der Waals surface area contributed by atoms with Gasteiger partial charge in [0.25, 0.3) is 0 Å². The summed E-state index contributed by atoms with van der Waals surface area (Å²) in [7, 11) is 0. The van der Waals surface area contributed by atoms with E-state index in [2.05, 4.69) is 0 Å². The fraction of sp³-hybridized carbons (Fsp3) is 0.500. The average Bonchev–Trinajstić information content (AvgIpc) is 1.37. The number of hydrogen-bond acceptors (Lipinski definition) is 2. The second kappa shape index (κ2) is 25.6. The van der Waals surface area contributed by atoms with Crippen molar-refractivity contribution in [3.63, 3.8) is 0 Å². The van der Waals surface area contributed by atoms with E-state index in [-0.39, 0.29) is 74.1 Å². The van der Waals surface area contributed by atoms with Crippen LogP contribution in [-0.4, -0.2) is 23.5 Å². The molecule has 0 fully saturated rings. The van der Waals surface area contributed by atoms with E-state index in [1.54, 1.807) is 0 Å². The minimum Gasteiger partial charge on any atom is -1.00 e. The van der Waals surface area contributed by atoms with E-state index >= 15 is 0 Å². The van der Waals surface area contributed by atoms with Gasteiger partial charge in [0, 0.05) is 0 Å². The molecule has 0 amide bonds. The van der Waals surface area contributed by atoms with Gasteiger partial charge in [-0.2, -0.15) is 0 Å². The molecule has 3 nitrogen and oxygen atoms in total. The van der Waals surface area contributed by atoms with Crippen molar-refractivity contribution < 1.29 is 77.3 Å². The van der Waals surface area contributed by atoms with Crippen molar-refractivity contribution in [1.82, 2.24) is 0 Å². The zero-order valence-electron chi connectivity index (χ0n) is 6.64. The summed E-state index contributed by atoms with van der Waals surface area (Å²) < 4.78 is 0. The Kier molecular flexibility index (Phi) is 85.8. The molecule has 0 saturated carbocycles. The Labute approximate surface area is 89.3 Å². The van der Waals surface area contributed by atoms with Gasteiger partial charge in [0.05, 0.1) is 6.61 Å². The molecule has 0 unspecified atom stereocenters. The van der Waals surface area contributed by atoms with Crippen molar-refractivity contribution in [2.75, 3.05) is 6.61 Å². The molecule has 0 spiro atoms. The van der Waals surface area contributed by atoms with E-state index in [0.29, 0.717) is 6.29 Å². The van der Waals surface area contributed by atoms with Crippen molar-refractivity contribution in [3.8, 4) is 0 Å². The van der Waals surface area contributed by atoms with Crippen LogP contribution in [0.15, 0.2) is 0 Å². The predicted molar refractivity (Wildman–Crippen MR) is 19.0 cm³/mol. The van der Waals surface area contributed by atoms with E-state index in [9.17, 15) is 0 Å². The number of aliphatic hydroxyl groups is 1. The largest absolute Gasteiger partial charge is 1.00 e. The minimum absolute atomic E-state index is 0. The molecule has 0 rings (SSSR count). The summed E-state index contributed by atoms with van der Waals surface area (Å²) in [6, 6.07) is 0. The van der Waals surface area contributed by atoms with Crippen molar-refractivity contribution in [2.24, 2.45) is 0 Å². The first-order chi connectivity index (χ1) is 1.91. The predicted octanol–water partition coefficient (Wildman–Crippen LogP) is -7.41. The molecule has 0 radical (unpaired) electrons. The van der Waals surface area contributed by atoms with Gasteiger partial charge in [-0.1, -0.05) is 0 Å². The van der Waals surface area contributed by atoms with Gasteiger partial charge in [-0.3, -0.25) is 0 Å². The van der Waals surface area contributed by atoms with Crippen LogP contribution in [0, 0.1) is 0 Å². The van der Waals surface area contributed by atoms with Crippen LogP contribution < -0.4 is 59.1 Å². The third kappa shape index (κ3) is 35.4. The van der Waals surface area contributed by atoms with Gasteiger partial charge < -0.3 is 18.2 Å². The third-order valence-electron chi connectivity index (χ3n) is 0.0745. The zero-order valence-corrected chi connectivity index (χ0v) is 8.64. The average molecular weight is 126 g/mol. The van der Waals surface area contributed by atoms with Crippen molar-refractivity contribution in [1.29, 1.82) is 0 Å². The molecule has 5 heteroatoms. The first kappa shape index (κ1) is 23.5. The Morgan fingerprint density at radius 2 is 1.71 bits per heavy atom. The molecule has 0 atom stereocenters. The third-order valence-corrected chi connectivity index (χ3v) is 0.0745. The Balaban J connectivity index is -0.00000000450. The van der Waals surface area contributed by atoms with Crippen LogP contribution >= 0.6 is 0 Å². The van der Waals surface area contributed by atoms with Gasteiger partial charge in [-0.25, -0.2) is 0 Å². The summed E-state index contributed by atoms with van der Waals surface area (Å²) in [5.74, 6) is 0. The van der Waals surface area contributed by atoms with Crippen molar-refractivity contribution in [3.05, 3.63) is 0 Å². The van der Waals surface area contributed by atoms with Gasteiger partial charge in [0.2, 0.25) is 0 Å². The van der Waals surface area contributed by atoms with Gasteiger partial charge in [-0.05, 0) is 0 Å². The van der Waals surface area contributed by atoms with Crippen LogP contribution in [0.5, 0.6) is 0 Å². The van der Waals surface area contributed by atoms with Crippen LogP contribution in [0.1, 0.15) is 2.85 Å².